The van der Waals surface area contributed by atoms with E-state index in [1.807, 2.05) is 24.9 Å². The van der Waals surface area contributed by atoms with Crippen molar-refractivity contribution in [3.63, 3.8) is 0 Å². The first kappa shape index (κ1) is 16.0. The maximum Gasteiger partial charge on any atom is 0.145 e. The first-order valence-corrected chi connectivity index (χ1v) is 7.57. The largest absolute Gasteiger partial charge is 0.310 e. The number of aromatic nitrogens is 2. The van der Waals surface area contributed by atoms with Crippen LogP contribution in [0.15, 0.2) is 24.4 Å². The van der Waals surface area contributed by atoms with E-state index in [2.05, 4.69) is 17.3 Å². The van der Waals surface area contributed by atoms with E-state index < -0.39 is 0 Å². The maximum absolute atomic E-state index is 14.1. The average molecular weight is 310 g/mol. The second-order valence-corrected chi connectivity index (χ2v) is 5.64. The molecule has 0 amide bonds. The average Bonchev–Trinajstić information content (AvgIpc) is 2.80. The molecular formula is C16H21ClFN3. The van der Waals surface area contributed by atoms with Crippen molar-refractivity contribution in [2.24, 2.45) is 7.05 Å². The van der Waals surface area contributed by atoms with E-state index in [0.717, 1.165) is 24.2 Å². The Morgan fingerprint density at radius 3 is 2.81 bits per heavy atom. The molecule has 1 unspecified atom stereocenters. The van der Waals surface area contributed by atoms with Crippen molar-refractivity contribution in [1.82, 2.24) is 15.1 Å². The minimum absolute atomic E-state index is 0.0339. The molecule has 1 aromatic carbocycles. The summed E-state index contributed by atoms with van der Waals surface area (Å²) in [5, 5.41) is 7.93. The van der Waals surface area contributed by atoms with Crippen LogP contribution in [-0.4, -0.2) is 16.3 Å². The summed E-state index contributed by atoms with van der Waals surface area (Å²) in [6.45, 7) is 5.01. The fourth-order valence-corrected chi connectivity index (χ4v) is 2.59. The smallest absolute Gasteiger partial charge is 0.145 e. The topological polar surface area (TPSA) is 29.9 Å². The molecule has 0 bridgehead atoms. The van der Waals surface area contributed by atoms with E-state index in [0.29, 0.717) is 12.0 Å². The molecule has 0 fully saturated rings. The zero-order chi connectivity index (χ0) is 15.4. The number of hydrogen-bond acceptors (Lipinski definition) is 2. The van der Waals surface area contributed by atoms with Crippen LogP contribution >= 0.6 is 11.6 Å². The first-order valence-electron chi connectivity index (χ1n) is 7.19. The highest BCUT2D eigenvalue weighted by Gasteiger charge is 2.19. The molecule has 21 heavy (non-hydrogen) atoms. The molecule has 3 nitrogen and oxygen atoms in total. The van der Waals surface area contributed by atoms with Crippen LogP contribution < -0.4 is 5.32 Å². The highest BCUT2D eigenvalue weighted by molar-refractivity contribution is 6.30. The fourth-order valence-electron chi connectivity index (χ4n) is 2.39. The Hall–Kier alpha value is -1.39. The standard InChI is InChI=1S/C16H21ClFN3/c1-4-8-19-15(13-10-20-21(3)11(13)2)9-12-6-5-7-14(17)16(12)18/h5-7,10,15,19H,4,8-9H2,1-3H3. The van der Waals surface area contributed by atoms with Gasteiger partial charge in [0.1, 0.15) is 5.82 Å². The summed E-state index contributed by atoms with van der Waals surface area (Å²) in [6.07, 6.45) is 3.43. The number of rotatable bonds is 6. The van der Waals surface area contributed by atoms with E-state index in [1.165, 1.54) is 0 Å². The second-order valence-electron chi connectivity index (χ2n) is 5.23. The lowest BCUT2D eigenvalue weighted by molar-refractivity contribution is 0.510. The molecule has 114 valence electrons. The summed E-state index contributed by atoms with van der Waals surface area (Å²) in [4.78, 5) is 0. The summed E-state index contributed by atoms with van der Waals surface area (Å²) >= 11 is 5.87. The third-order valence-electron chi connectivity index (χ3n) is 3.74. The summed E-state index contributed by atoms with van der Waals surface area (Å²) in [5.74, 6) is -0.330. The van der Waals surface area contributed by atoms with Crippen molar-refractivity contribution in [2.75, 3.05) is 6.54 Å². The molecule has 5 heteroatoms. The Kier molecular flexibility index (Phi) is 5.37. The van der Waals surface area contributed by atoms with Gasteiger partial charge in [-0.2, -0.15) is 5.10 Å². The Balaban J connectivity index is 2.28. The summed E-state index contributed by atoms with van der Waals surface area (Å²) in [6, 6.07) is 5.18. The molecule has 0 saturated carbocycles. The van der Waals surface area contributed by atoms with Gasteiger partial charge in [0.05, 0.1) is 11.2 Å². The SMILES string of the molecule is CCCNC(Cc1cccc(Cl)c1F)c1cnn(C)c1C. The van der Waals surface area contributed by atoms with E-state index in [9.17, 15) is 4.39 Å². The molecule has 0 aliphatic carbocycles. The van der Waals surface area contributed by atoms with Crippen LogP contribution in [0, 0.1) is 12.7 Å². The molecule has 0 spiro atoms. The Morgan fingerprint density at radius 2 is 2.19 bits per heavy atom. The molecule has 1 atom stereocenters. The molecule has 1 heterocycles. The van der Waals surface area contributed by atoms with Gasteiger partial charge in [-0.1, -0.05) is 30.7 Å². The third-order valence-corrected chi connectivity index (χ3v) is 4.04. The molecule has 0 radical (unpaired) electrons. The first-order chi connectivity index (χ1) is 10.0. The van der Waals surface area contributed by atoms with Crippen LogP contribution in [-0.2, 0) is 13.5 Å². The molecule has 1 N–H and O–H groups in total. The Bertz CT molecular complexity index is 610. The van der Waals surface area contributed by atoms with Crippen molar-refractivity contribution >= 4 is 11.6 Å². The molecule has 1 aromatic heterocycles. The van der Waals surface area contributed by atoms with Crippen molar-refractivity contribution in [1.29, 1.82) is 0 Å². The monoisotopic (exact) mass is 309 g/mol. The second kappa shape index (κ2) is 7.05. The van der Waals surface area contributed by atoms with E-state index in [1.54, 1.807) is 18.2 Å². The van der Waals surface area contributed by atoms with Crippen LogP contribution in [0.5, 0.6) is 0 Å². The van der Waals surface area contributed by atoms with Crippen LogP contribution in [0.1, 0.15) is 36.2 Å². The van der Waals surface area contributed by atoms with Gasteiger partial charge in [-0.15, -0.1) is 0 Å². The minimum Gasteiger partial charge on any atom is -0.310 e. The van der Waals surface area contributed by atoms with Gasteiger partial charge in [-0.25, -0.2) is 4.39 Å². The van der Waals surface area contributed by atoms with Gasteiger partial charge in [0.2, 0.25) is 0 Å². The Morgan fingerprint density at radius 1 is 1.43 bits per heavy atom. The fraction of sp³-hybridized carbons (Fsp3) is 0.438. The van der Waals surface area contributed by atoms with Crippen molar-refractivity contribution in [3.8, 4) is 0 Å². The van der Waals surface area contributed by atoms with Gasteiger partial charge in [0.25, 0.3) is 0 Å². The van der Waals surface area contributed by atoms with Crippen LogP contribution in [0.25, 0.3) is 0 Å². The number of benzene rings is 1. The van der Waals surface area contributed by atoms with Gasteiger partial charge < -0.3 is 5.32 Å². The predicted octanol–water partition coefficient (Wildman–Crippen LogP) is 3.80. The summed E-state index contributed by atoms with van der Waals surface area (Å²) in [5.41, 5.74) is 2.82. The van der Waals surface area contributed by atoms with Crippen LogP contribution in [0.2, 0.25) is 5.02 Å². The van der Waals surface area contributed by atoms with Crippen molar-refractivity contribution in [3.05, 3.63) is 52.1 Å². The van der Waals surface area contributed by atoms with E-state index >= 15 is 0 Å². The molecule has 0 aliphatic rings. The van der Waals surface area contributed by atoms with Crippen molar-refractivity contribution < 1.29 is 4.39 Å². The van der Waals surface area contributed by atoms with Gasteiger partial charge >= 0.3 is 0 Å². The molecule has 2 rings (SSSR count). The number of halogens is 2. The quantitative estimate of drug-likeness (QED) is 0.879. The number of hydrogen-bond donors (Lipinski definition) is 1. The van der Waals surface area contributed by atoms with Gasteiger partial charge in [0.15, 0.2) is 0 Å². The Labute approximate surface area is 130 Å². The summed E-state index contributed by atoms with van der Waals surface area (Å²) in [7, 11) is 1.91. The highest BCUT2D eigenvalue weighted by Crippen LogP contribution is 2.25. The van der Waals surface area contributed by atoms with Crippen LogP contribution in [0.4, 0.5) is 4.39 Å². The molecule has 2 aromatic rings. The summed E-state index contributed by atoms with van der Waals surface area (Å²) < 4.78 is 16.0. The zero-order valence-electron chi connectivity index (χ0n) is 12.7. The minimum atomic E-state index is -0.330. The van der Waals surface area contributed by atoms with Gasteiger partial charge in [-0.3, -0.25) is 4.68 Å². The van der Waals surface area contributed by atoms with Crippen molar-refractivity contribution in [2.45, 2.75) is 32.7 Å². The lowest BCUT2D eigenvalue weighted by Crippen LogP contribution is -2.25. The maximum atomic E-state index is 14.1. The predicted molar refractivity (Wildman–Crippen MR) is 84.1 cm³/mol. The van der Waals surface area contributed by atoms with Gasteiger partial charge in [-0.05, 0) is 37.9 Å². The lowest BCUT2D eigenvalue weighted by atomic mass is 9.99. The van der Waals surface area contributed by atoms with E-state index in [4.69, 9.17) is 11.6 Å². The van der Waals surface area contributed by atoms with Crippen LogP contribution in [0.3, 0.4) is 0 Å². The number of nitrogens with one attached hydrogen (secondary N) is 1. The molecular weight excluding hydrogens is 289 g/mol. The number of aryl methyl sites for hydroxylation is 1. The van der Waals surface area contributed by atoms with E-state index in [-0.39, 0.29) is 16.9 Å². The molecule has 0 aliphatic heterocycles. The molecule has 0 saturated heterocycles. The number of nitrogens with zero attached hydrogens (tertiary/aromatic N) is 2. The highest BCUT2D eigenvalue weighted by atomic mass is 35.5. The zero-order valence-corrected chi connectivity index (χ0v) is 13.4. The third kappa shape index (κ3) is 3.63. The normalized spacial score (nSPS) is 12.6. The lowest BCUT2D eigenvalue weighted by Gasteiger charge is -2.19. The van der Waals surface area contributed by atoms with Gasteiger partial charge in [0, 0.05) is 24.3 Å².